The van der Waals surface area contributed by atoms with Gasteiger partial charge >= 0.3 is 0 Å². The Kier molecular flexibility index (Phi) is 3.77. The van der Waals surface area contributed by atoms with Crippen LogP contribution in [0.15, 0.2) is 41.1 Å². The molecule has 0 aliphatic rings. The van der Waals surface area contributed by atoms with Crippen molar-refractivity contribution < 1.29 is 4.79 Å². The molecule has 2 rings (SSSR count). The van der Waals surface area contributed by atoms with Gasteiger partial charge in [-0.25, -0.2) is 0 Å². The lowest BCUT2D eigenvalue weighted by molar-refractivity contribution is 0.102. The molecule has 0 atom stereocenters. The third-order valence-electron chi connectivity index (χ3n) is 2.57. The van der Waals surface area contributed by atoms with Crippen molar-refractivity contribution in [3.05, 3.63) is 57.8 Å². The van der Waals surface area contributed by atoms with E-state index in [1.807, 2.05) is 38.1 Å². The molecule has 18 heavy (non-hydrogen) atoms. The van der Waals surface area contributed by atoms with Crippen molar-refractivity contribution in [1.82, 2.24) is 4.98 Å². The van der Waals surface area contributed by atoms with Crippen LogP contribution < -0.4 is 5.32 Å². The van der Waals surface area contributed by atoms with Crippen LogP contribution in [-0.2, 0) is 0 Å². The zero-order valence-corrected chi connectivity index (χ0v) is 11.8. The SMILES string of the molecule is Cc1cncc(C(=O)Nc2ccc(C)c(Br)c2)c1. The first kappa shape index (κ1) is 12.8. The monoisotopic (exact) mass is 304 g/mol. The first-order valence-corrected chi connectivity index (χ1v) is 6.35. The minimum absolute atomic E-state index is 0.151. The van der Waals surface area contributed by atoms with E-state index in [-0.39, 0.29) is 5.91 Å². The lowest BCUT2D eigenvalue weighted by atomic mass is 10.2. The summed E-state index contributed by atoms with van der Waals surface area (Å²) in [5.74, 6) is -0.151. The van der Waals surface area contributed by atoms with E-state index in [1.165, 1.54) is 0 Å². The molecule has 0 spiro atoms. The summed E-state index contributed by atoms with van der Waals surface area (Å²) in [7, 11) is 0. The minimum Gasteiger partial charge on any atom is -0.322 e. The Hall–Kier alpha value is -1.68. The highest BCUT2D eigenvalue weighted by Gasteiger charge is 2.07. The van der Waals surface area contributed by atoms with Gasteiger partial charge in [0.1, 0.15) is 0 Å². The predicted molar refractivity (Wildman–Crippen MR) is 75.8 cm³/mol. The molecular formula is C14H13BrN2O. The van der Waals surface area contributed by atoms with Gasteiger partial charge < -0.3 is 5.32 Å². The number of carbonyl (C=O) groups is 1. The Balaban J connectivity index is 2.18. The number of hydrogen-bond donors (Lipinski definition) is 1. The summed E-state index contributed by atoms with van der Waals surface area (Å²) in [5.41, 5.74) is 3.42. The summed E-state index contributed by atoms with van der Waals surface area (Å²) >= 11 is 3.44. The topological polar surface area (TPSA) is 42.0 Å². The molecule has 1 aromatic carbocycles. The van der Waals surface area contributed by atoms with Crippen LogP contribution in [0.2, 0.25) is 0 Å². The van der Waals surface area contributed by atoms with Crippen LogP contribution in [0.1, 0.15) is 21.5 Å². The van der Waals surface area contributed by atoms with Gasteiger partial charge in [-0.05, 0) is 43.2 Å². The van der Waals surface area contributed by atoms with Crippen LogP contribution in [0.25, 0.3) is 0 Å². The lowest BCUT2D eigenvalue weighted by Gasteiger charge is -2.07. The molecule has 0 saturated heterocycles. The van der Waals surface area contributed by atoms with Crippen LogP contribution in [0, 0.1) is 13.8 Å². The van der Waals surface area contributed by atoms with E-state index in [0.717, 1.165) is 21.3 Å². The first-order valence-electron chi connectivity index (χ1n) is 5.55. The Morgan fingerprint density at radius 1 is 1.22 bits per heavy atom. The molecule has 1 aromatic heterocycles. The molecule has 1 N–H and O–H groups in total. The van der Waals surface area contributed by atoms with Crippen LogP contribution in [0.5, 0.6) is 0 Å². The second-order valence-corrected chi connectivity index (χ2v) is 5.02. The zero-order chi connectivity index (χ0) is 13.1. The molecule has 1 heterocycles. The highest BCUT2D eigenvalue weighted by molar-refractivity contribution is 9.10. The number of pyridine rings is 1. The van der Waals surface area contributed by atoms with Gasteiger partial charge in [-0.3, -0.25) is 9.78 Å². The summed E-state index contributed by atoms with van der Waals surface area (Å²) in [6, 6.07) is 7.53. The highest BCUT2D eigenvalue weighted by atomic mass is 79.9. The number of nitrogens with zero attached hydrogens (tertiary/aromatic N) is 1. The molecular weight excluding hydrogens is 292 g/mol. The molecule has 0 radical (unpaired) electrons. The van der Waals surface area contributed by atoms with E-state index in [2.05, 4.69) is 26.2 Å². The predicted octanol–water partition coefficient (Wildman–Crippen LogP) is 3.71. The zero-order valence-electron chi connectivity index (χ0n) is 10.2. The number of benzene rings is 1. The maximum absolute atomic E-state index is 12.0. The van der Waals surface area contributed by atoms with Crippen molar-refractivity contribution in [2.75, 3.05) is 5.32 Å². The smallest absolute Gasteiger partial charge is 0.257 e. The molecule has 0 saturated carbocycles. The van der Waals surface area contributed by atoms with Crippen molar-refractivity contribution in [2.45, 2.75) is 13.8 Å². The fraction of sp³-hybridized carbons (Fsp3) is 0.143. The molecule has 3 nitrogen and oxygen atoms in total. The number of hydrogen-bond acceptors (Lipinski definition) is 2. The number of halogens is 1. The van der Waals surface area contributed by atoms with Crippen molar-refractivity contribution in [2.24, 2.45) is 0 Å². The van der Waals surface area contributed by atoms with Gasteiger partial charge in [0.15, 0.2) is 0 Å². The molecule has 92 valence electrons. The summed E-state index contributed by atoms with van der Waals surface area (Å²) in [4.78, 5) is 16.0. The number of nitrogens with one attached hydrogen (secondary N) is 1. The fourth-order valence-electron chi connectivity index (χ4n) is 1.55. The summed E-state index contributed by atoms with van der Waals surface area (Å²) in [6.07, 6.45) is 3.28. The van der Waals surface area contributed by atoms with E-state index in [1.54, 1.807) is 12.4 Å². The van der Waals surface area contributed by atoms with Gasteiger partial charge in [0.25, 0.3) is 5.91 Å². The van der Waals surface area contributed by atoms with E-state index in [0.29, 0.717) is 5.56 Å². The molecule has 0 aliphatic carbocycles. The Morgan fingerprint density at radius 2 is 2.00 bits per heavy atom. The fourth-order valence-corrected chi connectivity index (χ4v) is 1.93. The molecule has 0 fully saturated rings. The summed E-state index contributed by atoms with van der Waals surface area (Å²) in [5, 5.41) is 2.84. The lowest BCUT2D eigenvalue weighted by Crippen LogP contribution is -2.12. The molecule has 1 amide bonds. The number of rotatable bonds is 2. The maximum atomic E-state index is 12.0. The second kappa shape index (κ2) is 5.31. The first-order chi connectivity index (χ1) is 8.56. The van der Waals surface area contributed by atoms with Gasteiger partial charge in [0.2, 0.25) is 0 Å². The second-order valence-electron chi connectivity index (χ2n) is 4.17. The van der Waals surface area contributed by atoms with Gasteiger partial charge in [0, 0.05) is 22.6 Å². The van der Waals surface area contributed by atoms with Crippen LogP contribution in [0.3, 0.4) is 0 Å². The van der Waals surface area contributed by atoms with Crippen molar-refractivity contribution in [1.29, 1.82) is 0 Å². The molecule has 2 aromatic rings. The van der Waals surface area contributed by atoms with Crippen molar-refractivity contribution in [3.63, 3.8) is 0 Å². The largest absolute Gasteiger partial charge is 0.322 e. The van der Waals surface area contributed by atoms with E-state index < -0.39 is 0 Å². The molecule has 0 bridgehead atoms. The Labute approximate surface area is 114 Å². The van der Waals surface area contributed by atoms with Gasteiger partial charge in [0.05, 0.1) is 5.56 Å². The van der Waals surface area contributed by atoms with E-state index in [9.17, 15) is 4.79 Å². The molecule has 0 aliphatic heterocycles. The minimum atomic E-state index is -0.151. The van der Waals surface area contributed by atoms with Crippen LogP contribution in [-0.4, -0.2) is 10.9 Å². The number of anilines is 1. The van der Waals surface area contributed by atoms with Crippen molar-refractivity contribution >= 4 is 27.5 Å². The highest BCUT2D eigenvalue weighted by Crippen LogP contribution is 2.21. The maximum Gasteiger partial charge on any atom is 0.257 e. The van der Waals surface area contributed by atoms with E-state index >= 15 is 0 Å². The van der Waals surface area contributed by atoms with Crippen LogP contribution >= 0.6 is 15.9 Å². The quantitative estimate of drug-likeness (QED) is 0.919. The van der Waals surface area contributed by atoms with Gasteiger partial charge in [-0.1, -0.05) is 22.0 Å². The average molecular weight is 305 g/mol. The van der Waals surface area contributed by atoms with Crippen molar-refractivity contribution in [3.8, 4) is 0 Å². The van der Waals surface area contributed by atoms with Crippen LogP contribution in [0.4, 0.5) is 5.69 Å². The average Bonchev–Trinajstić information content (AvgIpc) is 2.34. The van der Waals surface area contributed by atoms with Gasteiger partial charge in [-0.2, -0.15) is 0 Å². The number of carbonyl (C=O) groups excluding carboxylic acids is 1. The standard InChI is InChI=1S/C14H13BrN2O/c1-9-5-11(8-16-7-9)14(18)17-12-4-3-10(2)13(15)6-12/h3-8H,1-2H3,(H,17,18). The number of amides is 1. The summed E-state index contributed by atoms with van der Waals surface area (Å²) in [6.45, 7) is 3.91. The Morgan fingerprint density at radius 3 is 2.67 bits per heavy atom. The Bertz CT molecular complexity index is 596. The van der Waals surface area contributed by atoms with Gasteiger partial charge in [-0.15, -0.1) is 0 Å². The molecule has 0 unspecified atom stereocenters. The number of aromatic nitrogens is 1. The van der Waals surface area contributed by atoms with E-state index in [4.69, 9.17) is 0 Å². The third-order valence-corrected chi connectivity index (χ3v) is 3.42. The third kappa shape index (κ3) is 2.96. The number of aryl methyl sites for hydroxylation is 2. The summed E-state index contributed by atoms with van der Waals surface area (Å²) < 4.78 is 0.975. The molecule has 4 heteroatoms. The normalized spacial score (nSPS) is 10.2.